The Bertz CT molecular complexity index is 2560. The maximum absolute atomic E-state index is 5.80. The second-order valence-electron chi connectivity index (χ2n) is 29.8. The molecule has 0 amide bonds. The van der Waals surface area contributed by atoms with Crippen LogP contribution in [0.25, 0.3) is 0 Å². The van der Waals surface area contributed by atoms with Gasteiger partial charge >= 0.3 is 0 Å². The third-order valence-corrected chi connectivity index (χ3v) is 16.6. The van der Waals surface area contributed by atoms with Crippen molar-refractivity contribution in [3.05, 3.63) is 141 Å². The molecule has 0 saturated carbocycles. The molecule has 0 saturated heterocycles. The first kappa shape index (κ1) is 76.7. The molecule has 0 unspecified atom stereocenters. The third kappa shape index (κ3) is 25.3. The Balaban J connectivity index is 0.000000499. The summed E-state index contributed by atoms with van der Waals surface area (Å²) in [7, 11) is 0. The summed E-state index contributed by atoms with van der Waals surface area (Å²) in [4.78, 5) is 0. The fraction of sp³-hybridized carbons (Fsp3) is 0.688. The van der Waals surface area contributed by atoms with Crippen LogP contribution in [0.2, 0.25) is 0 Å². The van der Waals surface area contributed by atoms with Gasteiger partial charge in [0.25, 0.3) is 0 Å². The number of rotatable bonds is 18. The fourth-order valence-corrected chi connectivity index (χ4v) is 12.7. The van der Waals surface area contributed by atoms with Crippen LogP contribution in [-0.2, 0) is 0 Å². The van der Waals surface area contributed by atoms with E-state index in [1.807, 2.05) is 52.4 Å². The van der Waals surface area contributed by atoms with Crippen LogP contribution in [-0.4, -0.2) is 0 Å². The molecule has 6 nitrogen and oxygen atoms in total. The zero-order valence-electron chi connectivity index (χ0n) is 60.0. The Labute approximate surface area is 512 Å². The smallest absolute Gasteiger partial charge is 0.108 e. The summed E-state index contributed by atoms with van der Waals surface area (Å²) in [5, 5.41) is 0. The van der Waals surface area contributed by atoms with Crippen molar-refractivity contribution in [3.63, 3.8) is 0 Å². The molecule has 6 aromatic heterocycles. The molecule has 0 spiro atoms. The molecule has 0 aromatic carbocycles. The zero-order chi connectivity index (χ0) is 64.2. The second kappa shape index (κ2) is 35.3. The van der Waals surface area contributed by atoms with E-state index in [1.165, 1.54) is 16.7 Å². The van der Waals surface area contributed by atoms with E-state index in [4.69, 9.17) is 26.5 Å². The predicted octanol–water partition coefficient (Wildman–Crippen LogP) is 26.1. The normalized spacial score (nSPS) is 13.6. The number of aryl methyl sites for hydroxylation is 5. The SMILES string of the molecule is CC(C)c1coc([C@H](C(C)C)C(C)(C)C)c1.CC[C@H](c1cc(C(C)C)co1)C(C)C.CC[C@H](c1ccc(C)o1)C(C)C.Cc1cc(C(C(C)C)C(C)C)oc1C.Cc1ccc(C(C(C)C)C(C)C)o1.Cc1ccc([C@H](C(C)C)C(C)(C)C)o1. The standard InChI is InChI=1S/C15H26O.3C13H22O.C12H20O.C11H18O/c1-10(2)12-8-13(16-9-12)14(11(3)4)15(5,6)7;1-9(2)12(13(4,5)6)11-8-7-10(3)14-11;1-8(2)13(9(3)4)12-7-10(5)11(6)14-12;1-6-12(10(4)5)13-7-11(8-14-13)9(2)3;1-8(2)12(9(3)4)11-7-6-10(5)13-11;1-5-10(8(2)3)11-7-6-9(4)12-11/h8-11,14H,1-7H3;7-9,12H,1-6H3;7-9,13H,1-6H3;7-10,12H,6H2,1-5H3;6-9,12H,1-5H3;6-8,10H,5H2,1-4H3/t14-;12-;;12-;;10-/m00.0.0/s1. The lowest BCUT2D eigenvalue weighted by Gasteiger charge is -2.32. The lowest BCUT2D eigenvalue weighted by Crippen LogP contribution is -2.22. The summed E-state index contributed by atoms with van der Waals surface area (Å²) in [5.74, 6) is 20.4. The van der Waals surface area contributed by atoms with Crippen molar-refractivity contribution in [1.82, 2.24) is 0 Å². The lowest BCUT2D eigenvalue weighted by atomic mass is 9.73. The average molecular weight is 1150 g/mol. The van der Waals surface area contributed by atoms with Crippen LogP contribution < -0.4 is 0 Å². The van der Waals surface area contributed by atoms with Gasteiger partial charge < -0.3 is 26.5 Å². The minimum atomic E-state index is 0.250. The van der Waals surface area contributed by atoms with Gasteiger partial charge in [-0.2, -0.15) is 0 Å². The molecule has 0 aliphatic carbocycles. The number of furan rings is 6. The highest BCUT2D eigenvalue weighted by molar-refractivity contribution is 5.23. The number of hydrogen-bond acceptors (Lipinski definition) is 6. The molecule has 6 aromatic rings. The largest absolute Gasteiger partial charge is 0.469 e. The van der Waals surface area contributed by atoms with Gasteiger partial charge in [0, 0.05) is 35.5 Å². The molecule has 0 aliphatic heterocycles. The van der Waals surface area contributed by atoms with Gasteiger partial charge in [0.05, 0.1) is 12.5 Å². The Morgan fingerprint density at radius 3 is 0.940 bits per heavy atom. The van der Waals surface area contributed by atoms with Crippen molar-refractivity contribution >= 4 is 0 Å². The minimum Gasteiger partial charge on any atom is -0.469 e. The summed E-state index contributed by atoms with van der Waals surface area (Å²) < 4.78 is 34.2. The van der Waals surface area contributed by atoms with Gasteiger partial charge in [0.15, 0.2) is 0 Å². The molecule has 0 bridgehead atoms. The molecule has 4 atom stereocenters. The van der Waals surface area contributed by atoms with Crippen LogP contribution in [0.5, 0.6) is 0 Å². The second-order valence-corrected chi connectivity index (χ2v) is 29.8. The van der Waals surface area contributed by atoms with Gasteiger partial charge in [0.1, 0.15) is 57.6 Å². The summed E-state index contributed by atoms with van der Waals surface area (Å²) in [5.41, 5.74) is 4.41. The molecular formula is C77H130O6. The Morgan fingerprint density at radius 2 is 0.663 bits per heavy atom. The van der Waals surface area contributed by atoms with Crippen LogP contribution in [0, 0.1) is 92.8 Å². The zero-order valence-corrected chi connectivity index (χ0v) is 60.0. The molecule has 474 valence electrons. The summed E-state index contributed by atoms with van der Waals surface area (Å²) in [6, 6.07) is 19.1. The highest BCUT2D eigenvalue weighted by Gasteiger charge is 2.33. The number of hydrogen-bond donors (Lipinski definition) is 0. The minimum absolute atomic E-state index is 0.250. The van der Waals surface area contributed by atoms with E-state index >= 15 is 0 Å². The fourth-order valence-electron chi connectivity index (χ4n) is 12.7. The van der Waals surface area contributed by atoms with Crippen molar-refractivity contribution in [2.24, 2.45) is 58.2 Å². The first-order chi connectivity index (χ1) is 38.2. The molecule has 0 fully saturated rings. The van der Waals surface area contributed by atoms with Gasteiger partial charge in [-0.05, 0) is 189 Å². The highest BCUT2D eigenvalue weighted by atomic mass is 16.4. The van der Waals surface area contributed by atoms with Crippen molar-refractivity contribution < 1.29 is 26.5 Å². The Kier molecular flexibility index (Phi) is 32.7. The maximum atomic E-state index is 5.80. The Hall–Kier alpha value is -4.32. The van der Waals surface area contributed by atoms with Gasteiger partial charge in [-0.15, -0.1) is 0 Å². The van der Waals surface area contributed by atoms with Crippen molar-refractivity contribution in [1.29, 1.82) is 0 Å². The maximum Gasteiger partial charge on any atom is 0.108 e. The topological polar surface area (TPSA) is 78.8 Å². The van der Waals surface area contributed by atoms with E-state index in [-0.39, 0.29) is 10.8 Å². The average Bonchev–Trinajstić information content (AvgIpc) is 4.31. The summed E-state index contributed by atoms with van der Waals surface area (Å²) >= 11 is 0. The molecule has 0 radical (unpaired) electrons. The van der Waals surface area contributed by atoms with E-state index in [0.29, 0.717) is 94.7 Å². The van der Waals surface area contributed by atoms with Crippen LogP contribution in [0.4, 0.5) is 0 Å². The van der Waals surface area contributed by atoms with Crippen LogP contribution in [0.1, 0.15) is 328 Å². The van der Waals surface area contributed by atoms with Crippen molar-refractivity contribution in [3.8, 4) is 0 Å². The molecule has 0 N–H and O–H groups in total. The molecule has 0 aliphatic rings. The lowest BCUT2D eigenvalue weighted by molar-refractivity contribution is 0.222. The highest BCUT2D eigenvalue weighted by Crippen LogP contribution is 2.43. The van der Waals surface area contributed by atoms with Crippen molar-refractivity contribution in [2.75, 3.05) is 0 Å². The third-order valence-electron chi connectivity index (χ3n) is 16.6. The van der Waals surface area contributed by atoms with Gasteiger partial charge in [-0.1, -0.05) is 194 Å². The Morgan fingerprint density at radius 1 is 0.337 bits per heavy atom. The van der Waals surface area contributed by atoms with Gasteiger partial charge in [-0.25, -0.2) is 0 Å². The first-order valence-corrected chi connectivity index (χ1v) is 32.6. The van der Waals surface area contributed by atoms with E-state index < -0.39 is 0 Å². The van der Waals surface area contributed by atoms with E-state index in [1.54, 1.807) is 0 Å². The van der Waals surface area contributed by atoms with E-state index in [0.717, 1.165) is 70.4 Å². The quantitative estimate of drug-likeness (QED) is 0.0853. The van der Waals surface area contributed by atoms with Crippen LogP contribution in [0.3, 0.4) is 0 Å². The monoisotopic (exact) mass is 1150 g/mol. The molecule has 83 heavy (non-hydrogen) atoms. The van der Waals surface area contributed by atoms with Gasteiger partial charge in [0.2, 0.25) is 0 Å². The van der Waals surface area contributed by atoms with Crippen LogP contribution in [0.15, 0.2) is 93.6 Å². The summed E-state index contributed by atoms with van der Waals surface area (Å²) in [6.45, 7) is 73.2. The van der Waals surface area contributed by atoms with E-state index in [2.05, 4.69) is 243 Å². The first-order valence-electron chi connectivity index (χ1n) is 32.6. The predicted molar refractivity (Wildman–Crippen MR) is 359 cm³/mol. The molecule has 6 rings (SSSR count). The van der Waals surface area contributed by atoms with Crippen LogP contribution >= 0.6 is 0 Å². The van der Waals surface area contributed by atoms with E-state index in [9.17, 15) is 0 Å². The molecule has 6 heteroatoms. The molecule has 6 heterocycles. The van der Waals surface area contributed by atoms with Gasteiger partial charge in [-0.3, -0.25) is 0 Å². The molecular weight excluding hydrogens is 1020 g/mol. The van der Waals surface area contributed by atoms with Crippen molar-refractivity contribution in [2.45, 2.75) is 289 Å². The summed E-state index contributed by atoms with van der Waals surface area (Å²) in [6.07, 6.45) is 6.14.